The molecule has 0 spiro atoms. The number of likely N-dealkylation sites (tertiary alicyclic amines) is 1. The topological polar surface area (TPSA) is 78.0 Å². The summed E-state index contributed by atoms with van der Waals surface area (Å²) < 4.78 is 47.1. The fourth-order valence-electron chi connectivity index (χ4n) is 7.39. The predicted molar refractivity (Wildman–Crippen MR) is 167 cm³/mol. The summed E-state index contributed by atoms with van der Waals surface area (Å²) in [7, 11) is 1.53. The highest BCUT2D eigenvalue weighted by molar-refractivity contribution is 5.95. The Morgan fingerprint density at radius 1 is 0.957 bits per heavy atom. The van der Waals surface area contributed by atoms with E-state index in [4.69, 9.17) is 4.74 Å². The van der Waals surface area contributed by atoms with Crippen LogP contribution in [0.1, 0.15) is 80.3 Å². The molecule has 3 aliphatic rings. The standard InChI is InChI=1S/C35H40F3N5O3/c1-22(23-6-4-3-5-7-23)42-17-15-31(25-10-13-29(37)30(38)18-25)43(35(42)45)34(44)40-27-14-16-41(21-27)28-11-8-24(9-12-28)33-32(46-2)19-26(36)20-39-33/h3-7,10,13,18-20,22,24,27-28,31H,8-9,11-12,14-17,21H2,1-2H3,(H,40,44). The highest BCUT2D eigenvalue weighted by atomic mass is 19.2. The molecule has 0 bridgehead atoms. The van der Waals surface area contributed by atoms with Gasteiger partial charge in [-0.1, -0.05) is 36.4 Å². The van der Waals surface area contributed by atoms with Crippen molar-refractivity contribution in [3.63, 3.8) is 0 Å². The molecule has 3 aromatic rings. The normalized spacial score (nSPS) is 24.6. The molecule has 11 heteroatoms. The van der Waals surface area contributed by atoms with E-state index in [1.54, 1.807) is 4.90 Å². The van der Waals surface area contributed by atoms with Crippen LogP contribution in [-0.4, -0.2) is 70.6 Å². The van der Waals surface area contributed by atoms with Gasteiger partial charge in [-0.3, -0.25) is 9.88 Å². The Hall–Kier alpha value is -4.12. The molecule has 1 aromatic heterocycles. The number of imide groups is 1. The van der Waals surface area contributed by atoms with Gasteiger partial charge in [0.2, 0.25) is 0 Å². The van der Waals surface area contributed by atoms with Gasteiger partial charge < -0.3 is 15.0 Å². The average Bonchev–Trinajstić information content (AvgIpc) is 3.54. The van der Waals surface area contributed by atoms with Crippen molar-refractivity contribution in [2.45, 2.75) is 75.5 Å². The SMILES string of the molecule is COc1cc(F)cnc1C1CCC(N2CCC(NC(=O)N3C(=O)N(C(C)c4ccccc4)CCC3c3ccc(F)c(F)c3)C2)CC1. The largest absolute Gasteiger partial charge is 0.495 e. The smallest absolute Gasteiger partial charge is 0.329 e. The zero-order valence-corrected chi connectivity index (χ0v) is 26.2. The van der Waals surface area contributed by atoms with E-state index in [2.05, 4.69) is 15.2 Å². The number of carbonyl (C=O) groups is 2. The van der Waals surface area contributed by atoms with Crippen LogP contribution in [0.2, 0.25) is 0 Å². The quantitative estimate of drug-likeness (QED) is 0.304. The lowest BCUT2D eigenvalue weighted by atomic mass is 9.83. The van der Waals surface area contributed by atoms with Gasteiger partial charge in [0.05, 0.1) is 31.1 Å². The summed E-state index contributed by atoms with van der Waals surface area (Å²) in [6.45, 7) is 3.76. The van der Waals surface area contributed by atoms with Gasteiger partial charge in [0.15, 0.2) is 11.6 Å². The number of amides is 4. The highest BCUT2D eigenvalue weighted by Gasteiger charge is 2.42. The fourth-order valence-corrected chi connectivity index (χ4v) is 7.39. The van der Waals surface area contributed by atoms with E-state index in [1.165, 1.54) is 30.3 Å². The molecule has 2 aromatic carbocycles. The molecule has 1 aliphatic carbocycles. The van der Waals surface area contributed by atoms with E-state index in [9.17, 15) is 22.8 Å². The maximum absolute atomic E-state index is 14.3. The number of hydrogen-bond donors (Lipinski definition) is 1. The number of hydrogen-bond acceptors (Lipinski definition) is 5. The van der Waals surface area contributed by atoms with Crippen LogP contribution in [0.15, 0.2) is 60.8 Å². The van der Waals surface area contributed by atoms with Crippen LogP contribution in [0, 0.1) is 17.5 Å². The summed E-state index contributed by atoms with van der Waals surface area (Å²) in [6.07, 6.45) is 6.06. The molecule has 1 N–H and O–H groups in total. The van der Waals surface area contributed by atoms with Crippen molar-refractivity contribution in [2.75, 3.05) is 26.7 Å². The van der Waals surface area contributed by atoms with E-state index in [-0.39, 0.29) is 18.0 Å². The van der Waals surface area contributed by atoms with Crippen molar-refractivity contribution in [1.29, 1.82) is 0 Å². The Bertz CT molecular complexity index is 1550. The van der Waals surface area contributed by atoms with Crippen LogP contribution in [0.3, 0.4) is 0 Å². The average molecular weight is 636 g/mol. The van der Waals surface area contributed by atoms with Gasteiger partial charge in [0, 0.05) is 43.7 Å². The molecule has 3 atom stereocenters. The first-order valence-corrected chi connectivity index (χ1v) is 16.1. The van der Waals surface area contributed by atoms with E-state index in [1.807, 2.05) is 37.3 Å². The molecule has 3 unspecified atom stereocenters. The molecule has 6 rings (SSSR count). The second kappa shape index (κ2) is 13.7. The van der Waals surface area contributed by atoms with E-state index in [0.717, 1.165) is 62.0 Å². The van der Waals surface area contributed by atoms with Crippen LogP contribution >= 0.6 is 0 Å². The zero-order chi connectivity index (χ0) is 32.4. The molecule has 46 heavy (non-hydrogen) atoms. The molecule has 2 aliphatic heterocycles. The van der Waals surface area contributed by atoms with Crippen molar-refractivity contribution < 1.29 is 27.5 Å². The van der Waals surface area contributed by atoms with E-state index < -0.39 is 35.6 Å². The number of nitrogens with one attached hydrogen (secondary N) is 1. The molecule has 3 fully saturated rings. The number of urea groups is 2. The number of rotatable bonds is 7. The molecular formula is C35H40F3N5O3. The van der Waals surface area contributed by atoms with E-state index in [0.29, 0.717) is 36.9 Å². The van der Waals surface area contributed by atoms with Crippen LogP contribution < -0.4 is 10.1 Å². The van der Waals surface area contributed by atoms with Gasteiger partial charge in [0.25, 0.3) is 0 Å². The van der Waals surface area contributed by atoms with Gasteiger partial charge in [-0.15, -0.1) is 0 Å². The first-order chi connectivity index (χ1) is 22.2. The minimum atomic E-state index is -1.01. The minimum Gasteiger partial charge on any atom is -0.495 e. The third kappa shape index (κ3) is 6.56. The van der Waals surface area contributed by atoms with Crippen molar-refractivity contribution in [3.8, 4) is 5.75 Å². The maximum atomic E-state index is 14.3. The molecule has 244 valence electrons. The number of methoxy groups -OCH3 is 1. The molecule has 0 radical (unpaired) electrons. The van der Waals surface area contributed by atoms with Crippen molar-refractivity contribution >= 4 is 12.1 Å². The lowest BCUT2D eigenvalue weighted by Crippen LogP contribution is -2.57. The molecule has 4 amide bonds. The van der Waals surface area contributed by atoms with Crippen LogP contribution in [0.4, 0.5) is 22.8 Å². The van der Waals surface area contributed by atoms with Crippen LogP contribution in [0.25, 0.3) is 0 Å². The van der Waals surface area contributed by atoms with Crippen LogP contribution in [-0.2, 0) is 0 Å². The zero-order valence-electron chi connectivity index (χ0n) is 26.2. The van der Waals surface area contributed by atoms with Gasteiger partial charge in [-0.2, -0.15) is 0 Å². The minimum absolute atomic E-state index is 0.163. The Labute approximate surface area is 267 Å². The van der Waals surface area contributed by atoms with Crippen molar-refractivity contribution in [2.24, 2.45) is 0 Å². The maximum Gasteiger partial charge on any atom is 0.329 e. The number of halogens is 3. The summed E-state index contributed by atoms with van der Waals surface area (Å²) in [5, 5.41) is 3.10. The second-order valence-electron chi connectivity index (χ2n) is 12.6. The number of ether oxygens (including phenoxy) is 1. The van der Waals surface area contributed by atoms with Gasteiger partial charge in [-0.05, 0) is 68.7 Å². The Morgan fingerprint density at radius 2 is 1.72 bits per heavy atom. The number of aromatic nitrogens is 1. The van der Waals surface area contributed by atoms with E-state index >= 15 is 0 Å². The fraction of sp³-hybridized carbons (Fsp3) is 0.457. The summed E-state index contributed by atoms with van der Waals surface area (Å²) in [4.78, 5) is 37.5. The second-order valence-corrected chi connectivity index (χ2v) is 12.6. The number of nitrogens with zero attached hydrogens (tertiary/aromatic N) is 4. The predicted octanol–water partition coefficient (Wildman–Crippen LogP) is 6.95. The van der Waals surface area contributed by atoms with Crippen molar-refractivity contribution in [3.05, 3.63) is 95.1 Å². The van der Waals surface area contributed by atoms with Gasteiger partial charge in [0.1, 0.15) is 11.6 Å². The molecule has 8 nitrogen and oxygen atoms in total. The third-order valence-corrected chi connectivity index (χ3v) is 9.92. The Morgan fingerprint density at radius 3 is 2.43 bits per heavy atom. The molecule has 1 saturated carbocycles. The Balaban J connectivity index is 1.12. The lowest BCUT2D eigenvalue weighted by molar-refractivity contribution is 0.0933. The third-order valence-electron chi connectivity index (χ3n) is 9.92. The molecular weight excluding hydrogens is 595 g/mol. The summed E-state index contributed by atoms with van der Waals surface area (Å²) in [5.74, 6) is -1.72. The number of benzene rings is 2. The molecule has 2 saturated heterocycles. The first kappa shape index (κ1) is 31.8. The monoisotopic (exact) mass is 635 g/mol. The van der Waals surface area contributed by atoms with Crippen LogP contribution in [0.5, 0.6) is 5.75 Å². The first-order valence-electron chi connectivity index (χ1n) is 16.1. The number of pyridine rings is 1. The number of carbonyl (C=O) groups excluding carboxylic acids is 2. The Kier molecular flexibility index (Phi) is 9.49. The molecule has 3 heterocycles. The highest BCUT2D eigenvalue weighted by Crippen LogP contribution is 2.39. The lowest BCUT2D eigenvalue weighted by Gasteiger charge is -2.43. The van der Waals surface area contributed by atoms with Gasteiger partial charge in [-0.25, -0.2) is 27.7 Å². The van der Waals surface area contributed by atoms with Crippen molar-refractivity contribution in [1.82, 2.24) is 25.0 Å². The van der Waals surface area contributed by atoms with Gasteiger partial charge >= 0.3 is 12.1 Å². The summed E-state index contributed by atoms with van der Waals surface area (Å²) >= 11 is 0. The summed E-state index contributed by atoms with van der Waals surface area (Å²) in [6, 6.07) is 12.7. The summed E-state index contributed by atoms with van der Waals surface area (Å²) in [5.41, 5.74) is 2.12.